The lowest BCUT2D eigenvalue weighted by Crippen LogP contribution is -2.33. The van der Waals surface area contributed by atoms with Crippen LogP contribution in [0, 0.1) is 10.1 Å². The van der Waals surface area contributed by atoms with Gasteiger partial charge in [-0.2, -0.15) is 0 Å². The monoisotopic (exact) mass is 267 g/mol. The molecule has 0 atom stereocenters. The van der Waals surface area contributed by atoms with Crippen molar-refractivity contribution in [3.8, 4) is 5.75 Å². The van der Waals surface area contributed by atoms with Gasteiger partial charge in [-0.15, -0.1) is 0 Å². The summed E-state index contributed by atoms with van der Waals surface area (Å²) < 4.78 is 0. The van der Waals surface area contributed by atoms with Crippen LogP contribution in [0.4, 0.5) is 11.4 Å². The number of rotatable bonds is 7. The zero-order valence-electron chi connectivity index (χ0n) is 11.7. The van der Waals surface area contributed by atoms with Crippen LogP contribution < -0.4 is 4.90 Å². The molecule has 1 N–H and O–H groups in total. The Balaban J connectivity index is 2.70. The number of phenolic OH excluding ortho intramolecular Hbond substituents is 1. The predicted molar refractivity (Wildman–Crippen MR) is 75.8 cm³/mol. The summed E-state index contributed by atoms with van der Waals surface area (Å²) in [4.78, 5) is 14.3. The Morgan fingerprint density at radius 1 is 1.26 bits per heavy atom. The summed E-state index contributed by atoms with van der Waals surface area (Å²) in [6, 6.07) is 4.42. The van der Waals surface area contributed by atoms with E-state index in [2.05, 4.69) is 18.7 Å². The summed E-state index contributed by atoms with van der Waals surface area (Å²) in [5, 5.41) is 20.2. The van der Waals surface area contributed by atoms with E-state index < -0.39 is 4.92 Å². The first-order chi connectivity index (χ1) is 8.99. The highest BCUT2D eigenvalue weighted by Crippen LogP contribution is 2.29. The van der Waals surface area contributed by atoms with E-state index in [4.69, 9.17) is 0 Å². The number of phenols is 1. The molecule has 1 rings (SSSR count). The molecule has 0 spiro atoms. The van der Waals surface area contributed by atoms with Crippen molar-refractivity contribution in [1.29, 1.82) is 0 Å². The Morgan fingerprint density at radius 2 is 1.89 bits per heavy atom. The van der Waals surface area contributed by atoms with Crippen LogP contribution in [0.1, 0.15) is 13.8 Å². The van der Waals surface area contributed by atoms with Crippen LogP contribution in [-0.2, 0) is 0 Å². The number of nitro benzene ring substituents is 1. The molecule has 0 saturated carbocycles. The molecular formula is C13H21N3O3. The highest BCUT2D eigenvalue weighted by atomic mass is 16.6. The van der Waals surface area contributed by atoms with E-state index in [1.807, 2.05) is 11.9 Å². The summed E-state index contributed by atoms with van der Waals surface area (Å²) in [6.45, 7) is 7.94. The molecule has 0 bridgehead atoms. The average Bonchev–Trinajstić information content (AvgIpc) is 2.39. The first-order valence-electron chi connectivity index (χ1n) is 6.40. The van der Waals surface area contributed by atoms with E-state index in [1.165, 1.54) is 12.1 Å². The van der Waals surface area contributed by atoms with Crippen molar-refractivity contribution in [1.82, 2.24) is 4.90 Å². The number of anilines is 1. The minimum atomic E-state index is -0.588. The maximum atomic E-state index is 10.6. The molecule has 0 unspecified atom stereocenters. The Labute approximate surface area is 113 Å². The van der Waals surface area contributed by atoms with E-state index in [0.717, 1.165) is 31.9 Å². The molecule has 106 valence electrons. The van der Waals surface area contributed by atoms with E-state index in [-0.39, 0.29) is 11.4 Å². The van der Waals surface area contributed by atoms with Gasteiger partial charge >= 0.3 is 5.69 Å². The largest absolute Gasteiger partial charge is 0.502 e. The lowest BCUT2D eigenvalue weighted by molar-refractivity contribution is -0.385. The second-order valence-electron chi connectivity index (χ2n) is 4.38. The third-order valence-electron chi connectivity index (χ3n) is 3.24. The quantitative estimate of drug-likeness (QED) is 0.605. The minimum Gasteiger partial charge on any atom is -0.502 e. The van der Waals surface area contributed by atoms with Crippen molar-refractivity contribution in [3.63, 3.8) is 0 Å². The van der Waals surface area contributed by atoms with Gasteiger partial charge in [0.1, 0.15) is 0 Å². The molecule has 0 fully saturated rings. The molecule has 0 aliphatic heterocycles. The maximum absolute atomic E-state index is 10.6. The zero-order valence-corrected chi connectivity index (χ0v) is 11.7. The minimum absolute atomic E-state index is 0.263. The van der Waals surface area contributed by atoms with Crippen LogP contribution in [0.25, 0.3) is 0 Å². The predicted octanol–water partition coefficient (Wildman–Crippen LogP) is 2.08. The van der Waals surface area contributed by atoms with Crippen LogP contribution in [0.2, 0.25) is 0 Å². The van der Waals surface area contributed by atoms with Crippen molar-refractivity contribution >= 4 is 11.4 Å². The van der Waals surface area contributed by atoms with Crippen LogP contribution >= 0.6 is 0 Å². The van der Waals surface area contributed by atoms with E-state index in [9.17, 15) is 15.2 Å². The summed E-state index contributed by atoms with van der Waals surface area (Å²) in [5.41, 5.74) is 0.510. The third kappa shape index (κ3) is 4.10. The van der Waals surface area contributed by atoms with Gasteiger partial charge in [-0.05, 0) is 19.2 Å². The van der Waals surface area contributed by atoms with Gasteiger partial charge in [-0.25, -0.2) is 0 Å². The first kappa shape index (κ1) is 15.2. The first-order valence-corrected chi connectivity index (χ1v) is 6.40. The summed E-state index contributed by atoms with van der Waals surface area (Å²) in [6.07, 6.45) is 0. The van der Waals surface area contributed by atoms with Gasteiger partial charge in [0.25, 0.3) is 0 Å². The molecule has 0 aromatic heterocycles. The zero-order chi connectivity index (χ0) is 14.4. The topological polar surface area (TPSA) is 69.9 Å². The molecule has 0 amide bonds. The maximum Gasteiger partial charge on any atom is 0.310 e. The van der Waals surface area contributed by atoms with Gasteiger partial charge in [0.05, 0.1) is 4.92 Å². The Hall–Kier alpha value is -1.82. The summed E-state index contributed by atoms with van der Waals surface area (Å²) >= 11 is 0. The number of nitro groups is 1. The van der Waals surface area contributed by atoms with Crippen molar-refractivity contribution in [2.24, 2.45) is 0 Å². The van der Waals surface area contributed by atoms with Crippen LogP contribution in [0.15, 0.2) is 18.2 Å². The molecule has 0 heterocycles. The summed E-state index contributed by atoms with van der Waals surface area (Å²) in [5.74, 6) is -0.294. The average molecular weight is 267 g/mol. The fourth-order valence-electron chi connectivity index (χ4n) is 1.86. The normalized spacial score (nSPS) is 10.7. The second-order valence-corrected chi connectivity index (χ2v) is 4.38. The Bertz CT molecular complexity index is 433. The number of likely N-dealkylation sites (N-methyl/N-ethyl adjacent to an activating group) is 2. The number of hydrogen-bond acceptors (Lipinski definition) is 5. The molecular weight excluding hydrogens is 246 g/mol. The second kappa shape index (κ2) is 6.94. The standard InChI is InChI=1S/C13H21N3O3/c1-4-15(5-2)9-8-14(3)11-6-7-12(16(18)19)13(17)10-11/h6-7,10,17H,4-5,8-9H2,1-3H3. The molecule has 6 heteroatoms. The molecule has 0 aliphatic rings. The molecule has 1 aromatic rings. The SMILES string of the molecule is CCN(CC)CCN(C)c1ccc([N+](=O)[O-])c(O)c1. The fraction of sp³-hybridized carbons (Fsp3) is 0.538. The number of benzene rings is 1. The van der Waals surface area contributed by atoms with Gasteiger partial charge in [0, 0.05) is 38.0 Å². The van der Waals surface area contributed by atoms with Crippen LogP contribution in [0.5, 0.6) is 5.75 Å². The van der Waals surface area contributed by atoms with Gasteiger partial charge in [0.2, 0.25) is 0 Å². The van der Waals surface area contributed by atoms with E-state index in [1.54, 1.807) is 6.07 Å². The van der Waals surface area contributed by atoms with Crippen molar-refractivity contribution in [3.05, 3.63) is 28.3 Å². The summed E-state index contributed by atoms with van der Waals surface area (Å²) in [7, 11) is 1.91. The third-order valence-corrected chi connectivity index (χ3v) is 3.24. The highest BCUT2D eigenvalue weighted by Gasteiger charge is 2.14. The van der Waals surface area contributed by atoms with Gasteiger partial charge in [-0.1, -0.05) is 13.8 Å². The number of hydrogen-bond donors (Lipinski definition) is 1. The Morgan fingerprint density at radius 3 is 2.37 bits per heavy atom. The smallest absolute Gasteiger partial charge is 0.310 e. The molecule has 0 aliphatic carbocycles. The molecule has 1 aromatic carbocycles. The Kier molecular flexibility index (Phi) is 5.57. The van der Waals surface area contributed by atoms with Crippen molar-refractivity contribution in [2.45, 2.75) is 13.8 Å². The van der Waals surface area contributed by atoms with Crippen molar-refractivity contribution in [2.75, 3.05) is 38.1 Å². The van der Waals surface area contributed by atoms with Crippen molar-refractivity contribution < 1.29 is 10.0 Å². The molecule has 6 nitrogen and oxygen atoms in total. The van der Waals surface area contributed by atoms with Crippen LogP contribution in [0.3, 0.4) is 0 Å². The number of nitrogens with zero attached hydrogens (tertiary/aromatic N) is 3. The fourth-order valence-corrected chi connectivity index (χ4v) is 1.86. The molecule has 0 radical (unpaired) electrons. The van der Waals surface area contributed by atoms with E-state index in [0.29, 0.717) is 0 Å². The number of aromatic hydroxyl groups is 1. The van der Waals surface area contributed by atoms with Gasteiger partial charge < -0.3 is 14.9 Å². The lowest BCUT2D eigenvalue weighted by Gasteiger charge is -2.24. The molecule has 0 saturated heterocycles. The van der Waals surface area contributed by atoms with Gasteiger partial charge in [0.15, 0.2) is 5.75 Å². The van der Waals surface area contributed by atoms with Gasteiger partial charge in [-0.3, -0.25) is 10.1 Å². The lowest BCUT2D eigenvalue weighted by atomic mass is 10.2. The highest BCUT2D eigenvalue weighted by molar-refractivity contribution is 5.58. The van der Waals surface area contributed by atoms with E-state index >= 15 is 0 Å². The van der Waals surface area contributed by atoms with Crippen LogP contribution in [-0.4, -0.2) is 48.2 Å². The molecule has 19 heavy (non-hydrogen) atoms.